The average Bonchev–Trinajstić information content (AvgIpc) is 3.50. The van der Waals surface area contributed by atoms with Crippen molar-refractivity contribution >= 4 is 33.7 Å². The molecule has 1 aliphatic carbocycles. The summed E-state index contributed by atoms with van der Waals surface area (Å²) in [4.78, 5) is 29.2. The van der Waals surface area contributed by atoms with Gasteiger partial charge in [-0.2, -0.15) is 5.10 Å². The molecule has 0 atom stereocenters. The number of anilines is 1. The lowest BCUT2D eigenvalue weighted by Gasteiger charge is -2.24. The van der Waals surface area contributed by atoms with Crippen LogP contribution < -0.4 is 5.32 Å². The van der Waals surface area contributed by atoms with Gasteiger partial charge in [0.25, 0.3) is 0 Å². The van der Waals surface area contributed by atoms with Gasteiger partial charge in [-0.05, 0) is 72.9 Å². The summed E-state index contributed by atoms with van der Waals surface area (Å²) in [6, 6.07) is 12.8. The fourth-order valence-corrected chi connectivity index (χ4v) is 5.15. The first-order valence-electron chi connectivity index (χ1n) is 12.9. The molecule has 3 N–H and O–H groups in total. The number of fused-ring (bicyclic) bond motifs is 2. The highest BCUT2D eigenvalue weighted by molar-refractivity contribution is 6.00. The van der Waals surface area contributed by atoms with Crippen molar-refractivity contribution in [1.29, 1.82) is 0 Å². The Kier molecular flexibility index (Phi) is 5.43. The second kappa shape index (κ2) is 9.13. The number of nitrogens with one attached hydrogen (secondary N) is 3. The lowest BCUT2D eigenvalue weighted by molar-refractivity contribution is -0.122. The molecular weight excluding hydrogens is 493 g/mol. The number of H-pyrrole nitrogens is 2. The molecule has 192 valence electrons. The van der Waals surface area contributed by atoms with E-state index in [0.29, 0.717) is 17.0 Å². The predicted molar refractivity (Wildman–Crippen MR) is 148 cm³/mol. The lowest BCUT2D eigenvalue weighted by atomic mass is 9.85. The van der Waals surface area contributed by atoms with Crippen LogP contribution in [0, 0.1) is 18.7 Å². The predicted octanol–water partition coefficient (Wildman–Crippen LogP) is 6.42. The van der Waals surface area contributed by atoms with Crippen LogP contribution in [0.15, 0.2) is 67.3 Å². The number of amides is 1. The van der Waals surface area contributed by atoms with Crippen molar-refractivity contribution in [2.45, 2.75) is 26.2 Å². The van der Waals surface area contributed by atoms with Gasteiger partial charge in [0.05, 0.1) is 23.3 Å². The quantitative estimate of drug-likeness (QED) is 0.244. The number of nitrogens with zero attached hydrogens (tertiary/aromatic N) is 4. The summed E-state index contributed by atoms with van der Waals surface area (Å²) < 4.78 is 14.2. The molecule has 0 spiro atoms. The molecule has 0 radical (unpaired) electrons. The fourth-order valence-electron chi connectivity index (χ4n) is 5.15. The number of benzene rings is 1. The van der Waals surface area contributed by atoms with E-state index in [-0.39, 0.29) is 17.6 Å². The van der Waals surface area contributed by atoms with E-state index in [9.17, 15) is 9.18 Å². The Labute approximate surface area is 222 Å². The van der Waals surface area contributed by atoms with Gasteiger partial charge in [-0.15, -0.1) is 0 Å². The minimum Gasteiger partial charge on any atom is -0.338 e. The Hall–Kier alpha value is -4.92. The molecule has 1 amide bonds. The zero-order chi connectivity index (χ0) is 26.5. The molecule has 9 heteroatoms. The zero-order valence-electron chi connectivity index (χ0n) is 21.1. The largest absolute Gasteiger partial charge is 0.338 e. The van der Waals surface area contributed by atoms with E-state index in [1.54, 1.807) is 24.8 Å². The highest BCUT2D eigenvalue weighted by Crippen LogP contribution is 2.35. The third-order valence-electron chi connectivity index (χ3n) is 7.38. The maximum absolute atomic E-state index is 14.2. The Morgan fingerprint density at radius 1 is 0.974 bits per heavy atom. The fraction of sp³-hybridized carbons (Fsp3) is 0.167. The van der Waals surface area contributed by atoms with Crippen molar-refractivity contribution in [2.75, 3.05) is 5.32 Å². The molecule has 5 heterocycles. The number of halogens is 1. The van der Waals surface area contributed by atoms with Crippen molar-refractivity contribution in [3.05, 3.63) is 78.6 Å². The number of hydrogen-bond donors (Lipinski definition) is 3. The number of aromatic amines is 2. The molecule has 0 unspecified atom stereocenters. The van der Waals surface area contributed by atoms with Crippen molar-refractivity contribution in [2.24, 2.45) is 5.92 Å². The first-order chi connectivity index (χ1) is 19.0. The van der Waals surface area contributed by atoms with Gasteiger partial charge in [0.1, 0.15) is 11.5 Å². The molecule has 0 saturated heterocycles. The number of pyridine rings is 3. The van der Waals surface area contributed by atoms with Crippen LogP contribution in [0.5, 0.6) is 0 Å². The van der Waals surface area contributed by atoms with Gasteiger partial charge in [-0.3, -0.25) is 14.9 Å². The number of carbonyl (C=O) groups is 1. The molecule has 1 aromatic carbocycles. The van der Waals surface area contributed by atoms with Gasteiger partial charge in [-0.1, -0.05) is 12.5 Å². The van der Waals surface area contributed by atoms with E-state index in [4.69, 9.17) is 0 Å². The highest BCUT2D eigenvalue weighted by Gasteiger charge is 2.25. The van der Waals surface area contributed by atoms with Crippen LogP contribution in [-0.2, 0) is 4.79 Å². The van der Waals surface area contributed by atoms with E-state index in [1.165, 1.54) is 12.1 Å². The van der Waals surface area contributed by atoms with Crippen LogP contribution in [0.25, 0.3) is 55.7 Å². The summed E-state index contributed by atoms with van der Waals surface area (Å²) in [6.07, 6.45) is 9.86. The normalized spacial score (nSPS) is 13.6. The first kappa shape index (κ1) is 23.2. The lowest BCUT2D eigenvalue weighted by Crippen LogP contribution is -2.28. The van der Waals surface area contributed by atoms with Gasteiger partial charge in [0.15, 0.2) is 5.65 Å². The summed E-state index contributed by atoms with van der Waals surface area (Å²) in [6.45, 7) is 1.88. The molecule has 6 aromatic rings. The number of hydrogen-bond acceptors (Lipinski definition) is 5. The molecule has 1 fully saturated rings. The van der Waals surface area contributed by atoms with Gasteiger partial charge in [-0.25, -0.2) is 14.4 Å². The molecule has 5 aromatic heterocycles. The second-order valence-corrected chi connectivity index (χ2v) is 10.1. The molecular formula is C30H24FN7O. The molecule has 7 rings (SSSR count). The van der Waals surface area contributed by atoms with Gasteiger partial charge >= 0.3 is 0 Å². The number of aromatic nitrogens is 6. The van der Waals surface area contributed by atoms with E-state index >= 15 is 0 Å². The maximum atomic E-state index is 14.2. The molecule has 1 aliphatic rings. The Morgan fingerprint density at radius 3 is 2.67 bits per heavy atom. The van der Waals surface area contributed by atoms with Gasteiger partial charge in [0, 0.05) is 46.4 Å². The number of aryl methyl sites for hydroxylation is 1. The Bertz CT molecular complexity index is 1870. The highest BCUT2D eigenvalue weighted by atomic mass is 19.1. The third-order valence-corrected chi connectivity index (χ3v) is 7.38. The van der Waals surface area contributed by atoms with Crippen molar-refractivity contribution < 1.29 is 9.18 Å². The monoisotopic (exact) mass is 517 g/mol. The number of rotatable bonds is 5. The standard InChI is InChI=1S/C30H24FN7O/c1-16-7-18(9-21(31)8-16)23-5-6-33-28-24(23)12-26(36-28)27-25-11-20(14-34-29(25)38-37-27)19-10-22(15-32-13-19)35-30(39)17-3-2-4-17/h5-15,17H,2-4H2,1H3,(H,33,36)(H,35,39)(H,34,37,38). The van der Waals surface area contributed by atoms with E-state index in [1.807, 2.05) is 37.3 Å². The van der Waals surface area contributed by atoms with E-state index in [0.717, 1.165) is 69.2 Å². The summed E-state index contributed by atoms with van der Waals surface area (Å²) in [5.41, 5.74) is 7.70. The van der Waals surface area contributed by atoms with Crippen LogP contribution >= 0.6 is 0 Å². The van der Waals surface area contributed by atoms with Crippen LogP contribution in [0.2, 0.25) is 0 Å². The van der Waals surface area contributed by atoms with Crippen molar-refractivity contribution in [3.63, 3.8) is 0 Å². The molecule has 0 aliphatic heterocycles. The van der Waals surface area contributed by atoms with E-state index in [2.05, 4.69) is 35.5 Å². The van der Waals surface area contributed by atoms with Crippen molar-refractivity contribution in [3.8, 4) is 33.6 Å². The molecule has 1 saturated carbocycles. The SMILES string of the molecule is Cc1cc(F)cc(-c2ccnc3[nH]c(-c4[nH]nc5ncc(-c6cncc(NC(=O)C7CCC7)c6)cc45)cc23)c1. The van der Waals surface area contributed by atoms with Crippen LogP contribution in [0.1, 0.15) is 24.8 Å². The van der Waals surface area contributed by atoms with Crippen LogP contribution in [0.4, 0.5) is 10.1 Å². The smallest absolute Gasteiger partial charge is 0.227 e. The second-order valence-electron chi connectivity index (χ2n) is 10.1. The summed E-state index contributed by atoms with van der Waals surface area (Å²) >= 11 is 0. The third kappa shape index (κ3) is 4.21. The minimum atomic E-state index is -0.273. The molecule has 0 bridgehead atoms. The average molecular weight is 518 g/mol. The van der Waals surface area contributed by atoms with Crippen LogP contribution in [0.3, 0.4) is 0 Å². The zero-order valence-corrected chi connectivity index (χ0v) is 21.1. The first-order valence-corrected chi connectivity index (χ1v) is 12.9. The summed E-state index contributed by atoms with van der Waals surface area (Å²) in [7, 11) is 0. The summed E-state index contributed by atoms with van der Waals surface area (Å²) in [5.74, 6) is -0.132. The van der Waals surface area contributed by atoms with Crippen LogP contribution in [-0.4, -0.2) is 36.0 Å². The minimum absolute atomic E-state index is 0.0473. The Morgan fingerprint density at radius 2 is 1.85 bits per heavy atom. The van der Waals surface area contributed by atoms with Crippen molar-refractivity contribution in [1.82, 2.24) is 30.1 Å². The van der Waals surface area contributed by atoms with Gasteiger partial charge < -0.3 is 10.3 Å². The van der Waals surface area contributed by atoms with E-state index < -0.39 is 0 Å². The topological polar surface area (TPSA) is 112 Å². The molecule has 8 nitrogen and oxygen atoms in total. The maximum Gasteiger partial charge on any atom is 0.227 e. The summed E-state index contributed by atoms with van der Waals surface area (Å²) in [5, 5.41) is 12.2. The Balaban J connectivity index is 1.27. The molecule has 39 heavy (non-hydrogen) atoms. The van der Waals surface area contributed by atoms with Gasteiger partial charge in [0.2, 0.25) is 5.91 Å². The number of carbonyl (C=O) groups excluding carboxylic acids is 1.